The van der Waals surface area contributed by atoms with Crippen molar-refractivity contribution in [3.05, 3.63) is 18.0 Å². The fourth-order valence-corrected chi connectivity index (χ4v) is 4.57. The first kappa shape index (κ1) is 15.2. The van der Waals surface area contributed by atoms with E-state index < -0.39 is 0 Å². The number of nitrogens with zero attached hydrogens (tertiary/aromatic N) is 2. The molecule has 2 heterocycles. The summed E-state index contributed by atoms with van der Waals surface area (Å²) < 4.78 is 1.82. The molecule has 4 atom stereocenters. The molecule has 126 valence electrons. The summed E-state index contributed by atoms with van der Waals surface area (Å²) >= 11 is 0. The molecule has 2 saturated carbocycles. The second kappa shape index (κ2) is 6.27. The third-order valence-corrected chi connectivity index (χ3v) is 5.94. The lowest BCUT2D eigenvalue weighted by atomic mass is 9.81. The molecule has 1 amide bonds. The summed E-state index contributed by atoms with van der Waals surface area (Å²) in [6, 6.07) is 1.01. The van der Waals surface area contributed by atoms with Crippen LogP contribution in [0.2, 0.25) is 0 Å². The Morgan fingerprint density at radius 2 is 2.09 bits per heavy atom. The quantitative estimate of drug-likeness (QED) is 0.896. The summed E-state index contributed by atoms with van der Waals surface area (Å²) in [6.45, 7) is 0. The monoisotopic (exact) mass is 316 g/mol. The number of rotatable bonds is 4. The van der Waals surface area contributed by atoms with Gasteiger partial charge in [-0.1, -0.05) is 12.8 Å². The minimum Gasteiger partial charge on any atom is -0.348 e. The zero-order chi connectivity index (χ0) is 15.8. The molecule has 3 aliphatic rings. The summed E-state index contributed by atoms with van der Waals surface area (Å²) in [7, 11) is 1.93. The second-order valence-electron chi connectivity index (χ2n) is 7.77. The highest BCUT2D eigenvalue weighted by atomic mass is 16.1. The van der Waals surface area contributed by atoms with Gasteiger partial charge in [0.25, 0.3) is 0 Å². The van der Waals surface area contributed by atoms with Gasteiger partial charge in [-0.05, 0) is 43.9 Å². The Morgan fingerprint density at radius 3 is 2.83 bits per heavy atom. The van der Waals surface area contributed by atoms with Crippen molar-refractivity contribution in [2.45, 2.75) is 69.5 Å². The summed E-state index contributed by atoms with van der Waals surface area (Å²) in [5.74, 6) is 2.12. The molecule has 4 rings (SSSR count). The average Bonchev–Trinajstić information content (AvgIpc) is 3.31. The molecule has 1 aromatic heterocycles. The van der Waals surface area contributed by atoms with Crippen LogP contribution in [0, 0.1) is 11.8 Å². The van der Waals surface area contributed by atoms with Gasteiger partial charge in [0.15, 0.2) is 0 Å². The summed E-state index contributed by atoms with van der Waals surface area (Å²) in [4.78, 5) is 11.9. The molecule has 0 aromatic carbocycles. The molecule has 0 radical (unpaired) electrons. The van der Waals surface area contributed by atoms with Gasteiger partial charge in [-0.15, -0.1) is 0 Å². The van der Waals surface area contributed by atoms with Crippen LogP contribution in [0.25, 0.3) is 0 Å². The minimum absolute atomic E-state index is 0.0613. The van der Waals surface area contributed by atoms with Gasteiger partial charge in [0.05, 0.1) is 12.2 Å². The maximum Gasteiger partial charge on any atom is 0.220 e. The predicted molar refractivity (Wildman–Crippen MR) is 88.7 cm³/mol. The maximum absolute atomic E-state index is 11.9. The van der Waals surface area contributed by atoms with E-state index in [1.165, 1.54) is 38.5 Å². The molecule has 1 aromatic rings. The van der Waals surface area contributed by atoms with Crippen LogP contribution in [0.3, 0.4) is 0 Å². The van der Waals surface area contributed by atoms with Gasteiger partial charge in [-0.25, -0.2) is 0 Å². The van der Waals surface area contributed by atoms with Gasteiger partial charge in [-0.2, -0.15) is 5.10 Å². The van der Waals surface area contributed by atoms with E-state index >= 15 is 0 Å². The van der Waals surface area contributed by atoms with Crippen molar-refractivity contribution in [1.82, 2.24) is 20.4 Å². The summed E-state index contributed by atoms with van der Waals surface area (Å²) in [5, 5.41) is 11.4. The Morgan fingerprint density at radius 1 is 1.22 bits per heavy atom. The lowest BCUT2D eigenvalue weighted by Gasteiger charge is -2.38. The molecular weight excluding hydrogens is 288 g/mol. The van der Waals surface area contributed by atoms with Gasteiger partial charge < -0.3 is 10.6 Å². The second-order valence-corrected chi connectivity index (χ2v) is 7.77. The van der Waals surface area contributed by atoms with Crippen LogP contribution >= 0.6 is 0 Å². The Labute approximate surface area is 138 Å². The van der Waals surface area contributed by atoms with Crippen molar-refractivity contribution in [2.75, 3.05) is 0 Å². The number of aryl methyl sites for hydroxylation is 1. The van der Waals surface area contributed by atoms with Crippen molar-refractivity contribution in [2.24, 2.45) is 18.9 Å². The molecule has 23 heavy (non-hydrogen) atoms. The molecule has 1 saturated heterocycles. The Kier molecular flexibility index (Phi) is 4.14. The smallest absolute Gasteiger partial charge is 0.220 e. The number of carbonyl (C=O) groups excluding carboxylic acids is 1. The van der Waals surface area contributed by atoms with Gasteiger partial charge in [0.2, 0.25) is 5.91 Å². The number of hydrogen-bond donors (Lipinski definition) is 2. The van der Waals surface area contributed by atoms with Crippen LogP contribution in [-0.2, 0) is 11.8 Å². The lowest BCUT2D eigenvalue weighted by molar-refractivity contribution is -0.124. The first-order valence-corrected chi connectivity index (χ1v) is 9.23. The van der Waals surface area contributed by atoms with Gasteiger partial charge in [0.1, 0.15) is 0 Å². The van der Waals surface area contributed by atoms with Crippen molar-refractivity contribution >= 4 is 5.91 Å². The standard InChI is InChI=1S/C18H28N4O/c1-22-11-14(10-19-22)18-16(7-8-17(23)21-18)20-15-4-2-3-13(9-15)12-5-6-12/h10-13,15-16,18,20H,2-9H2,1H3,(H,21,23)/t13-,15+,16+,18-/m0/s1. The number of nitrogens with one attached hydrogen (secondary N) is 2. The van der Waals surface area contributed by atoms with Crippen molar-refractivity contribution in [3.63, 3.8) is 0 Å². The topological polar surface area (TPSA) is 59.0 Å². The fraction of sp³-hybridized carbons (Fsp3) is 0.778. The molecule has 0 spiro atoms. The van der Waals surface area contributed by atoms with Gasteiger partial charge in [-0.3, -0.25) is 9.48 Å². The van der Waals surface area contributed by atoms with E-state index in [0.717, 1.165) is 23.8 Å². The first-order chi connectivity index (χ1) is 11.2. The zero-order valence-corrected chi connectivity index (χ0v) is 14.0. The van der Waals surface area contributed by atoms with Gasteiger partial charge >= 0.3 is 0 Å². The molecule has 2 N–H and O–H groups in total. The number of hydrogen-bond acceptors (Lipinski definition) is 3. The molecule has 1 aliphatic heterocycles. The molecular formula is C18H28N4O. The van der Waals surface area contributed by atoms with Crippen molar-refractivity contribution < 1.29 is 4.79 Å². The SMILES string of the molecule is Cn1cc([C@@H]2NC(=O)CC[C@H]2N[C@@H]2CCC[C@H](C3CC3)C2)cn1. The van der Waals surface area contributed by atoms with E-state index in [1.54, 1.807) is 0 Å². The molecule has 0 unspecified atom stereocenters. The molecule has 0 bridgehead atoms. The third-order valence-electron chi connectivity index (χ3n) is 5.94. The number of aromatic nitrogens is 2. The molecule has 5 heteroatoms. The van der Waals surface area contributed by atoms with Crippen LogP contribution in [0.1, 0.15) is 63.0 Å². The van der Waals surface area contributed by atoms with E-state index in [9.17, 15) is 4.79 Å². The average molecular weight is 316 g/mol. The maximum atomic E-state index is 11.9. The van der Waals surface area contributed by atoms with Crippen LogP contribution in [-0.4, -0.2) is 27.8 Å². The zero-order valence-electron chi connectivity index (χ0n) is 14.0. The normalized spacial score (nSPS) is 35.1. The van der Waals surface area contributed by atoms with Crippen molar-refractivity contribution in [1.29, 1.82) is 0 Å². The first-order valence-electron chi connectivity index (χ1n) is 9.23. The van der Waals surface area contributed by atoms with E-state index in [0.29, 0.717) is 18.5 Å². The van der Waals surface area contributed by atoms with Crippen molar-refractivity contribution in [3.8, 4) is 0 Å². The van der Waals surface area contributed by atoms with E-state index in [4.69, 9.17) is 0 Å². The minimum atomic E-state index is 0.0613. The summed E-state index contributed by atoms with van der Waals surface area (Å²) in [5.41, 5.74) is 1.12. The van der Waals surface area contributed by atoms with E-state index in [2.05, 4.69) is 15.7 Å². The van der Waals surface area contributed by atoms with Crippen LogP contribution in [0.4, 0.5) is 0 Å². The highest BCUT2D eigenvalue weighted by Gasteiger charge is 2.37. The Balaban J connectivity index is 1.43. The molecule has 2 aliphatic carbocycles. The Bertz CT molecular complexity index is 565. The fourth-order valence-electron chi connectivity index (χ4n) is 4.57. The van der Waals surface area contributed by atoms with E-state index in [1.807, 2.05) is 24.1 Å². The molecule has 5 nitrogen and oxygen atoms in total. The van der Waals surface area contributed by atoms with Crippen LogP contribution < -0.4 is 10.6 Å². The predicted octanol–water partition coefficient (Wildman–Crippen LogP) is 2.30. The number of amides is 1. The third kappa shape index (κ3) is 3.44. The van der Waals surface area contributed by atoms with Crippen LogP contribution in [0.5, 0.6) is 0 Å². The Hall–Kier alpha value is -1.36. The largest absolute Gasteiger partial charge is 0.348 e. The number of carbonyl (C=O) groups is 1. The summed E-state index contributed by atoms with van der Waals surface area (Å²) in [6.07, 6.45) is 13.8. The van der Waals surface area contributed by atoms with Gasteiger partial charge in [0, 0.05) is 37.3 Å². The molecule has 3 fully saturated rings. The lowest BCUT2D eigenvalue weighted by Crippen LogP contribution is -2.52. The van der Waals surface area contributed by atoms with Crippen LogP contribution in [0.15, 0.2) is 12.4 Å². The van der Waals surface area contributed by atoms with E-state index in [-0.39, 0.29) is 11.9 Å². The highest BCUT2D eigenvalue weighted by Crippen LogP contribution is 2.44. The highest BCUT2D eigenvalue weighted by molar-refractivity contribution is 5.77. The number of piperidine rings is 1.